The maximum absolute atomic E-state index is 12.7. The molecule has 1 aromatic rings. The number of amides is 1. The first kappa shape index (κ1) is 16.1. The van der Waals surface area contributed by atoms with Crippen molar-refractivity contribution in [2.45, 2.75) is 32.2 Å². The Bertz CT molecular complexity index is 521. The van der Waals surface area contributed by atoms with Crippen molar-refractivity contribution >= 4 is 18.3 Å². The average molecular weight is 311 g/mol. The number of hydrogen-bond acceptors (Lipinski definition) is 3. The normalized spacial score (nSPS) is 24.3. The summed E-state index contributed by atoms with van der Waals surface area (Å²) in [5.74, 6) is 0.998. The van der Waals surface area contributed by atoms with Gasteiger partial charge in [0.15, 0.2) is 0 Å². The third kappa shape index (κ3) is 3.16. The first-order valence-electron chi connectivity index (χ1n) is 7.48. The van der Waals surface area contributed by atoms with Crippen LogP contribution in [0, 0.1) is 11.8 Å². The van der Waals surface area contributed by atoms with Crippen molar-refractivity contribution in [3.63, 3.8) is 0 Å². The van der Waals surface area contributed by atoms with Crippen LogP contribution >= 0.6 is 12.4 Å². The molecule has 1 aliphatic carbocycles. The van der Waals surface area contributed by atoms with Crippen molar-refractivity contribution < 1.29 is 9.90 Å². The van der Waals surface area contributed by atoms with Gasteiger partial charge in [0.1, 0.15) is 5.75 Å². The van der Waals surface area contributed by atoms with E-state index in [2.05, 4.69) is 0 Å². The van der Waals surface area contributed by atoms with E-state index in [1.54, 1.807) is 12.1 Å². The number of fused-ring (bicyclic) bond motifs is 1. The van der Waals surface area contributed by atoms with Crippen LogP contribution in [0.5, 0.6) is 5.75 Å². The van der Waals surface area contributed by atoms with Gasteiger partial charge >= 0.3 is 0 Å². The summed E-state index contributed by atoms with van der Waals surface area (Å²) in [6.07, 6.45) is 4.05. The molecule has 1 saturated carbocycles. The number of halogens is 1. The average Bonchev–Trinajstić information content (AvgIpc) is 2.94. The third-order valence-corrected chi connectivity index (χ3v) is 4.79. The third-order valence-electron chi connectivity index (χ3n) is 4.79. The molecule has 1 heterocycles. The molecule has 2 atom stereocenters. The molecule has 3 rings (SSSR count). The minimum Gasteiger partial charge on any atom is -0.508 e. The van der Waals surface area contributed by atoms with Crippen LogP contribution in [0.25, 0.3) is 0 Å². The van der Waals surface area contributed by atoms with Gasteiger partial charge in [-0.2, -0.15) is 0 Å². The molecule has 0 unspecified atom stereocenters. The Morgan fingerprint density at radius 1 is 1.33 bits per heavy atom. The predicted molar refractivity (Wildman–Crippen MR) is 84.4 cm³/mol. The Morgan fingerprint density at radius 3 is 2.90 bits per heavy atom. The van der Waals surface area contributed by atoms with Gasteiger partial charge in [0.2, 0.25) is 5.91 Å². The van der Waals surface area contributed by atoms with Gasteiger partial charge in [-0.1, -0.05) is 12.5 Å². The van der Waals surface area contributed by atoms with Crippen molar-refractivity contribution in [1.82, 2.24) is 4.90 Å². The second-order valence-corrected chi connectivity index (χ2v) is 6.00. The van der Waals surface area contributed by atoms with E-state index in [9.17, 15) is 9.90 Å². The van der Waals surface area contributed by atoms with Crippen LogP contribution in [-0.2, 0) is 17.8 Å². The molecular formula is C16H23ClN2O2. The van der Waals surface area contributed by atoms with Crippen molar-refractivity contribution in [2.24, 2.45) is 17.6 Å². The predicted octanol–water partition coefficient (Wildman–Crippen LogP) is 2.07. The van der Waals surface area contributed by atoms with Crippen LogP contribution in [0.1, 0.15) is 30.4 Å². The molecule has 5 heteroatoms. The highest BCUT2D eigenvalue weighted by Crippen LogP contribution is 2.34. The van der Waals surface area contributed by atoms with Crippen molar-refractivity contribution in [3.05, 3.63) is 29.3 Å². The zero-order chi connectivity index (χ0) is 14.1. The molecule has 116 valence electrons. The Kier molecular flexibility index (Phi) is 5.12. The number of carbonyl (C=O) groups excluding carboxylic acids is 1. The Balaban J connectivity index is 0.00000161. The molecule has 21 heavy (non-hydrogen) atoms. The summed E-state index contributed by atoms with van der Waals surface area (Å²) in [6.45, 7) is 2.02. The number of aromatic hydroxyl groups is 1. The van der Waals surface area contributed by atoms with E-state index in [0.717, 1.165) is 37.8 Å². The van der Waals surface area contributed by atoms with Gasteiger partial charge in [-0.3, -0.25) is 4.79 Å². The van der Waals surface area contributed by atoms with Crippen LogP contribution in [0.15, 0.2) is 18.2 Å². The van der Waals surface area contributed by atoms with Gasteiger partial charge in [-0.15, -0.1) is 12.4 Å². The molecule has 0 spiro atoms. The number of nitrogens with two attached hydrogens (primary N) is 1. The molecule has 1 amide bonds. The van der Waals surface area contributed by atoms with Crippen LogP contribution in [0.3, 0.4) is 0 Å². The van der Waals surface area contributed by atoms with E-state index in [0.29, 0.717) is 19.0 Å². The maximum Gasteiger partial charge on any atom is 0.226 e. The lowest BCUT2D eigenvalue weighted by atomic mass is 9.92. The van der Waals surface area contributed by atoms with Crippen molar-refractivity contribution in [1.29, 1.82) is 0 Å². The van der Waals surface area contributed by atoms with Gasteiger partial charge in [0.25, 0.3) is 0 Å². The molecule has 0 bridgehead atoms. The highest BCUT2D eigenvalue weighted by Gasteiger charge is 2.35. The fourth-order valence-corrected chi connectivity index (χ4v) is 3.61. The first-order chi connectivity index (χ1) is 9.69. The summed E-state index contributed by atoms with van der Waals surface area (Å²) in [7, 11) is 0. The Labute approximate surface area is 131 Å². The van der Waals surface area contributed by atoms with Crippen molar-refractivity contribution in [3.8, 4) is 5.75 Å². The smallest absolute Gasteiger partial charge is 0.226 e. The number of rotatable bonds is 2. The van der Waals surface area contributed by atoms with Crippen LogP contribution in [0.2, 0.25) is 0 Å². The summed E-state index contributed by atoms with van der Waals surface area (Å²) in [6, 6.07) is 5.46. The lowest BCUT2D eigenvalue weighted by Crippen LogP contribution is -2.41. The highest BCUT2D eigenvalue weighted by molar-refractivity contribution is 5.85. The largest absolute Gasteiger partial charge is 0.508 e. The summed E-state index contributed by atoms with van der Waals surface area (Å²) in [4.78, 5) is 14.6. The van der Waals surface area contributed by atoms with Crippen LogP contribution in [-0.4, -0.2) is 29.0 Å². The monoisotopic (exact) mass is 310 g/mol. The summed E-state index contributed by atoms with van der Waals surface area (Å²) < 4.78 is 0. The lowest BCUT2D eigenvalue weighted by molar-refractivity contribution is -0.137. The molecule has 0 aromatic heterocycles. The number of hydrogen-bond donors (Lipinski definition) is 2. The lowest BCUT2D eigenvalue weighted by Gasteiger charge is -2.32. The number of nitrogens with zero attached hydrogens (tertiary/aromatic N) is 1. The number of phenols is 1. The number of benzene rings is 1. The molecule has 0 saturated heterocycles. The molecule has 4 nitrogen and oxygen atoms in total. The molecular weight excluding hydrogens is 288 g/mol. The summed E-state index contributed by atoms with van der Waals surface area (Å²) in [5, 5.41) is 9.58. The first-order valence-corrected chi connectivity index (χ1v) is 7.48. The minimum atomic E-state index is 0. The zero-order valence-corrected chi connectivity index (χ0v) is 12.9. The maximum atomic E-state index is 12.7. The molecule has 1 fully saturated rings. The van der Waals surface area contributed by atoms with Crippen LogP contribution in [0.4, 0.5) is 0 Å². The van der Waals surface area contributed by atoms with Gasteiger partial charge in [-0.25, -0.2) is 0 Å². The number of phenolic OH excluding ortho intramolecular Hbond substituents is 1. The van der Waals surface area contributed by atoms with E-state index in [-0.39, 0.29) is 30.0 Å². The number of carbonyl (C=O) groups is 1. The van der Waals surface area contributed by atoms with E-state index >= 15 is 0 Å². The fourth-order valence-electron chi connectivity index (χ4n) is 3.61. The van der Waals surface area contributed by atoms with Gasteiger partial charge < -0.3 is 15.7 Å². The SMILES string of the molecule is Cl.NC[C@H]1CCC[C@H]1C(=O)N1CCc2ccc(O)cc2C1. The van der Waals surface area contributed by atoms with E-state index in [1.165, 1.54) is 5.56 Å². The standard InChI is InChI=1S/C16H22N2O2.ClH/c17-9-12-2-1-3-15(12)16(20)18-7-6-11-4-5-14(19)8-13(11)10-18;/h4-5,8,12,15,19H,1-3,6-7,9-10,17H2;1H/t12-,15-;/m1./s1. The van der Waals surface area contributed by atoms with E-state index < -0.39 is 0 Å². The Hall–Kier alpha value is -1.26. The Morgan fingerprint density at radius 2 is 2.14 bits per heavy atom. The molecule has 3 N–H and O–H groups in total. The molecule has 1 aromatic carbocycles. The quantitative estimate of drug-likeness (QED) is 0.879. The molecule has 1 aliphatic heterocycles. The van der Waals surface area contributed by atoms with Crippen LogP contribution < -0.4 is 5.73 Å². The summed E-state index contributed by atoms with van der Waals surface area (Å²) >= 11 is 0. The molecule has 0 radical (unpaired) electrons. The second kappa shape index (κ2) is 6.67. The van der Waals surface area contributed by atoms with Gasteiger partial charge in [-0.05, 0) is 55.0 Å². The fraction of sp³-hybridized carbons (Fsp3) is 0.562. The topological polar surface area (TPSA) is 66.6 Å². The molecule has 2 aliphatic rings. The van der Waals surface area contributed by atoms with Gasteiger partial charge in [0, 0.05) is 19.0 Å². The highest BCUT2D eigenvalue weighted by atomic mass is 35.5. The van der Waals surface area contributed by atoms with Crippen molar-refractivity contribution in [2.75, 3.05) is 13.1 Å². The van der Waals surface area contributed by atoms with E-state index in [4.69, 9.17) is 5.73 Å². The summed E-state index contributed by atoms with van der Waals surface area (Å²) in [5.41, 5.74) is 8.10. The minimum absolute atomic E-state index is 0. The zero-order valence-electron chi connectivity index (χ0n) is 12.1. The second-order valence-electron chi connectivity index (χ2n) is 6.00. The van der Waals surface area contributed by atoms with E-state index in [1.807, 2.05) is 11.0 Å². The van der Waals surface area contributed by atoms with Gasteiger partial charge in [0.05, 0.1) is 0 Å².